The number of nitrogens with zero attached hydrogens (tertiary/aromatic N) is 3. The molecule has 1 aromatic rings. The zero-order valence-corrected chi connectivity index (χ0v) is 14.0. The molecule has 6 nitrogen and oxygen atoms in total. The van der Waals surface area contributed by atoms with Crippen LogP contribution in [-0.2, 0) is 4.74 Å². The van der Waals surface area contributed by atoms with Crippen LogP contribution in [0.3, 0.4) is 0 Å². The van der Waals surface area contributed by atoms with E-state index in [1.165, 1.54) is 0 Å². The fraction of sp³-hybridized carbons (Fsp3) is 0.312. The highest BCUT2D eigenvalue weighted by Crippen LogP contribution is 2.28. The molecule has 0 radical (unpaired) electrons. The van der Waals surface area contributed by atoms with Crippen LogP contribution >= 0.6 is 12.2 Å². The van der Waals surface area contributed by atoms with Crippen LogP contribution in [-0.4, -0.2) is 26.0 Å². The highest BCUT2D eigenvalue weighted by atomic mass is 32.1. The molecule has 2 unspecified atom stereocenters. The van der Waals surface area contributed by atoms with E-state index in [-0.39, 0.29) is 12.3 Å². The van der Waals surface area contributed by atoms with Crippen LogP contribution in [0.5, 0.6) is 0 Å². The smallest absolute Gasteiger partial charge is 0.171 e. The molecule has 0 bridgehead atoms. The summed E-state index contributed by atoms with van der Waals surface area (Å²) in [5.41, 5.74) is 2.60. The van der Waals surface area contributed by atoms with Crippen LogP contribution in [0.15, 0.2) is 48.5 Å². The first-order valence-electron chi connectivity index (χ1n) is 7.35. The average molecular weight is 329 g/mol. The Morgan fingerprint density at radius 2 is 2.26 bits per heavy atom. The Morgan fingerprint density at radius 3 is 2.91 bits per heavy atom. The SMILES string of the molecule is C=CC(=C)C1=C(C)C(=S)n2c(C)nnc2C(CC2NC=CO2)N1. The molecular weight excluding hydrogens is 310 g/mol. The van der Waals surface area contributed by atoms with Gasteiger partial charge in [-0.25, -0.2) is 0 Å². The predicted octanol–water partition coefficient (Wildman–Crippen LogP) is 2.23. The van der Waals surface area contributed by atoms with Gasteiger partial charge in [0, 0.05) is 23.9 Å². The monoisotopic (exact) mass is 329 g/mol. The van der Waals surface area contributed by atoms with Gasteiger partial charge in [-0.05, 0) is 19.4 Å². The highest BCUT2D eigenvalue weighted by molar-refractivity contribution is 7.80. The van der Waals surface area contributed by atoms with Crippen molar-refractivity contribution in [1.82, 2.24) is 25.4 Å². The summed E-state index contributed by atoms with van der Waals surface area (Å²) in [6.45, 7) is 11.7. The summed E-state index contributed by atoms with van der Waals surface area (Å²) in [5, 5.41) is 15.1. The molecule has 0 saturated carbocycles. The van der Waals surface area contributed by atoms with E-state index in [2.05, 4.69) is 34.0 Å². The number of thiocarbonyl (C=S) groups is 1. The second-order valence-electron chi connectivity index (χ2n) is 5.50. The summed E-state index contributed by atoms with van der Waals surface area (Å²) < 4.78 is 7.42. The molecule has 2 aliphatic rings. The number of aromatic nitrogens is 3. The van der Waals surface area contributed by atoms with Crippen molar-refractivity contribution in [3.63, 3.8) is 0 Å². The number of rotatable bonds is 4. The minimum atomic E-state index is -0.122. The third-order valence-corrected chi connectivity index (χ3v) is 4.48. The first kappa shape index (κ1) is 15.5. The molecule has 0 aromatic carbocycles. The van der Waals surface area contributed by atoms with Gasteiger partial charge in [0.2, 0.25) is 0 Å². The van der Waals surface area contributed by atoms with E-state index >= 15 is 0 Å². The lowest BCUT2D eigenvalue weighted by molar-refractivity contribution is 0.130. The fourth-order valence-corrected chi connectivity index (χ4v) is 3.06. The summed E-state index contributed by atoms with van der Waals surface area (Å²) >= 11 is 5.64. The molecule has 1 aromatic heterocycles. The number of allylic oxidation sites excluding steroid dienone is 2. The molecule has 0 aliphatic carbocycles. The van der Waals surface area contributed by atoms with Crippen LogP contribution in [0.2, 0.25) is 0 Å². The van der Waals surface area contributed by atoms with Crippen LogP contribution in [0.4, 0.5) is 0 Å². The highest BCUT2D eigenvalue weighted by Gasteiger charge is 2.31. The Balaban J connectivity index is 2.04. The van der Waals surface area contributed by atoms with Crippen LogP contribution in [0.1, 0.15) is 31.0 Å². The first-order valence-corrected chi connectivity index (χ1v) is 7.76. The molecule has 120 valence electrons. The topological polar surface area (TPSA) is 64.0 Å². The lowest BCUT2D eigenvalue weighted by Crippen LogP contribution is -2.31. The molecule has 0 amide bonds. The van der Waals surface area contributed by atoms with Gasteiger partial charge in [-0.3, -0.25) is 4.57 Å². The lowest BCUT2D eigenvalue weighted by atomic mass is 10.1. The maximum Gasteiger partial charge on any atom is 0.171 e. The molecule has 3 heterocycles. The number of nitrogens with one attached hydrogen (secondary N) is 2. The van der Waals surface area contributed by atoms with Gasteiger partial charge in [0.15, 0.2) is 12.1 Å². The second-order valence-corrected chi connectivity index (χ2v) is 5.89. The summed E-state index contributed by atoms with van der Waals surface area (Å²) in [7, 11) is 0. The molecule has 2 N–H and O–H groups in total. The van der Waals surface area contributed by atoms with Crippen LogP contribution in [0.25, 0.3) is 0 Å². The van der Waals surface area contributed by atoms with Crippen molar-refractivity contribution >= 4 is 17.2 Å². The van der Waals surface area contributed by atoms with Gasteiger partial charge in [-0.2, -0.15) is 0 Å². The summed E-state index contributed by atoms with van der Waals surface area (Å²) in [6.07, 6.45) is 5.69. The lowest BCUT2D eigenvalue weighted by Gasteiger charge is -2.22. The van der Waals surface area contributed by atoms with Gasteiger partial charge in [-0.1, -0.05) is 31.5 Å². The molecule has 2 atom stereocenters. The normalized spacial score (nSPS) is 22.8. The van der Waals surface area contributed by atoms with E-state index in [9.17, 15) is 0 Å². The Morgan fingerprint density at radius 1 is 1.48 bits per heavy atom. The third-order valence-electron chi connectivity index (χ3n) is 3.99. The van der Waals surface area contributed by atoms with Crippen molar-refractivity contribution in [1.29, 1.82) is 0 Å². The number of hydrogen-bond donors (Lipinski definition) is 2. The van der Waals surface area contributed by atoms with Gasteiger partial charge < -0.3 is 15.4 Å². The maximum atomic E-state index is 5.64. The van der Waals surface area contributed by atoms with E-state index in [4.69, 9.17) is 17.0 Å². The standard InChI is InChI=1S/C16H19N5OS/c1-5-9(2)14-10(3)16(23)21-11(4)19-20-15(21)12(18-14)8-13-17-6-7-22-13/h5-7,12-13,17-18H,1-2,8H2,3-4H3. The first-order chi connectivity index (χ1) is 11.0. The van der Waals surface area contributed by atoms with Crippen molar-refractivity contribution in [2.45, 2.75) is 32.5 Å². The molecular formula is C16H19N5OS. The van der Waals surface area contributed by atoms with E-state index < -0.39 is 0 Å². The van der Waals surface area contributed by atoms with E-state index in [0.717, 1.165) is 28.5 Å². The predicted molar refractivity (Wildman–Crippen MR) is 92.4 cm³/mol. The molecule has 0 fully saturated rings. The van der Waals surface area contributed by atoms with E-state index in [1.54, 1.807) is 18.5 Å². The number of fused-ring (bicyclic) bond motifs is 1. The van der Waals surface area contributed by atoms with Gasteiger partial charge in [0.1, 0.15) is 17.1 Å². The van der Waals surface area contributed by atoms with Gasteiger partial charge >= 0.3 is 0 Å². The summed E-state index contributed by atoms with van der Waals surface area (Å²) in [6, 6.07) is -0.115. The van der Waals surface area contributed by atoms with Crippen molar-refractivity contribution in [2.24, 2.45) is 0 Å². The molecule has 0 spiro atoms. The Bertz CT molecular complexity index is 738. The Labute approximate surface area is 140 Å². The largest absolute Gasteiger partial charge is 0.477 e. The molecule has 2 aliphatic heterocycles. The molecule has 23 heavy (non-hydrogen) atoms. The third kappa shape index (κ3) is 2.68. The fourth-order valence-electron chi connectivity index (χ4n) is 2.73. The summed E-state index contributed by atoms with van der Waals surface area (Å²) in [4.78, 5) is 0.675. The average Bonchev–Trinajstić information content (AvgIpc) is 3.16. The van der Waals surface area contributed by atoms with Crippen LogP contribution in [0, 0.1) is 6.92 Å². The summed E-state index contributed by atoms with van der Waals surface area (Å²) in [5.74, 6) is 1.54. The molecule has 0 saturated heterocycles. The maximum absolute atomic E-state index is 5.64. The van der Waals surface area contributed by atoms with Gasteiger partial charge in [-0.15, -0.1) is 10.2 Å². The quantitative estimate of drug-likeness (QED) is 0.652. The Kier molecular flexibility index (Phi) is 4.04. The van der Waals surface area contributed by atoms with Crippen molar-refractivity contribution in [3.8, 4) is 0 Å². The van der Waals surface area contributed by atoms with Gasteiger partial charge in [0.25, 0.3) is 0 Å². The number of ether oxygens (including phenoxy) is 1. The minimum absolute atomic E-state index is 0.115. The Hall–Kier alpha value is -2.41. The van der Waals surface area contributed by atoms with Gasteiger partial charge in [0.05, 0.1) is 6.04 Å². The van der Waals surface area contributed by atoms with Crippen LogP contribution < -0.4 is 10.6 Å². The van der Waals surface area contributed by atoms with Crippen molar-refractivity contribution in [3.05, 3.63) is 60.2 Å². The zero-order chi connectivity index (χ0) is 16.6. The second kappa shape index (κ2) is 6.00. The van der Waals surface area contributed by atoms with E-state index in [0.29, 0.717) is 11.4 Å². The number of hydrogen-bond acceptors (Lipinski definition) is 6. The molecule has 3 rings (SSSR count). The zero-order valence-electron chi connectivity index (χ0n) is 13.2. The van der Waals surface area contributed by atoms with Crippen molar-refractivity contribution in [2.75, 3.05) is 0 Å². The number of aryl methyl sites for hydroxylation is 1. The van der Waals surface area contributed by atoms with Crippen molar-refractivity contribution < 1.29 is 4.74 Å². The minimum Gasteiger partial charge on any atom is -0.477 e. The molecule has 7 heteroatoms. The van der Waals surface area contributed by atoms with E-state index in [1.807, 2.05) is 18.4 Å².